The van der Waals surface area contributed by atoms with Crippen molar-refractivity contribution in [3.8, 4) is 0 Å². The van der Waals surface area contributed by atoms with E-state index in [-0.39, 0.29) is 0 Å². The molecule has 0 bridgehead atoms. The van der Waals surface area contributed by atoms with Crippen molar-refractivity contribution < 1.29 is 44.3 Å². The summed E-state index contributed by atoms with van der Waals surface area (Å²) in [7, 11) is -1.21. The summed E-state index contributed by atoms with van der Waals surface area (Å²) >= 11 is 0. The fourth-order valence-electron chi connectivity index (χ4n) is 2.99. The summed E-state index contributed by atoms with van der Waals surface area (Å²) in [6.07, 6.45) is 1.18. The highest BCUT2D eigenvalue weighted by Gasteiger charge is 2.68. The van der Waals surface area contributed by atoms with Crippen molar-refractivity contribution in [1.82, 2.24) is 0 Å². The van der Waals surface area contributed by atoms with E-state index in [1.54, 1.807) is 0 Å². The van der Waals surface area contributed by atoms with Crippen LogP contribution in [-0.2, 0) is 4.74 Å². The van der Waals surface area contributed by atoms with E-state index in [9.17, 15) is 39.5 Å². The zero-order valence-electron chi connectivity index (χ0n) is 18.0. The summed E-state index contributed by atoms with van der Waals surface area (Å²) in [5.41, 5.74) is 0.830. The Kier molecular flexibility index (Phi) is 13.1. The first-order valence-corrected chi connectivity index (χ1v) is 12.5. The second-order valence-corrected chi connectivity index (χ2v) is 12.4. The van der Waals surface area contributed by atoms with Crippen LogP contribution in [-0.4, -0.2) is 38.8 Å². The minimum Gasteiger partial charge on any atom is -0.292 e. The zero-order chi connectivity index (χ0) is 25.1. The van der Waals surface area contributed by atoms with Gasteiger partial charge < -0.3 is 0 Å². The van der Waals surface area contributed by atoms with E-state index in [2.05, 4.69) is 56.2 Å². The summed E-state index contributed by atoms with van der Waals surface area (Å²) < 4.78 is 111. The zero-order valence-corrected chi connectivity index (χ0v) is 19.0. The highest BCUT2D eigenvalue weighted by Crippen LogP contribution is 2.47. The Hall–Kier alpha value is -1.23. The molecule has 1 atom stereocenters. The van der Waals surface area contributed by atoms with Crippen molar-refractivity contribution in [1.29, 1.82) is 0 Å². The van der Waals surface area contributed by atoms with E-state index in [4.69, 9.17) is 0 Å². The van der Waals surface area contributed by atoms with Crippen LogP contribution in [0.5, 0.6) is 0 Å². The van der Waals surface area contributed by atoms with Crippen molar-refractivity contribution in [3.05, 3.63) is 38.0 Å². The van der Waals surface area contributed by atoms with Crippen molar-refractivity contribution in [2.75, 3.05) is 6.61 Å². The van der Waals surface area contributed by atoms with Gasteiger partial charge in [0.05, 0.1) is 14.7 Å². The topological polar surface area (TPSA) is 9.23 Å². The molecule has 0 rings (SSSR count). The first kappa shape index (κ1) is 31.9. The van der Waals surface area contributed by atoms with Gasteiger partial charge in [0, 0.05) is 13.3 Å². The fraction of sp³-hybridized carbons (Fsp3) is 0.700. The smallest absolute Gasteiger partial charge is 0.292 e. The van der Waals surface area contributed by atoms with Gasteiger partial charge in [-0.1, -0.05) is 38.1 Å². The molecular weight excluding hydrogens is 455 g/mol. The predicted molar refractivity (Wildman–Crippen MR) is 108 cm³/mol. The van der Waals surface area contributed by atoms with Crippen LogP contribution >= 0.6 is 0 Å². The third kappa shape index (κ3) is 10.8. The van der Waals surface area contributed by atoms with Gasteiger partial charge in [-0.2, -0.15) is 26.3 Å². The molecule has 0 aliphatic carbocycles. The minimum atomic E-state index is -5.76. The number of rotatable bonds is 13. The van der Waals surface area contributed by atoms with Gasteiger partial charge in [-0.15, -0.1) is 32.9 Å². The van der Waals surface area contributed by atoms with Crippen LogP contribution in [0.4, 0.5) is 39.5 Å². The molecule has 0 fully saturated rings. The molecule has 0 saturated heterocycles. The average Bonchev–Trinajstić information content (AvgIpc) is 2.58. The number of hydrogen-bond acceptors (Lipinski definition) is 1. The van der Waals surface area contributed by atoms with Gasteiger partial charge >= 0.3 is 24.1 Å². The van der Waals surface area contributed by atoms with Crippen LogP contribution in [0.3, 0.4) is 0 Å². The van der Waals surface area contributed by atoms with Gasteiger partial charge in [0.25, 0.3) is 0 Å². The molecule has 0 aliphatic heterocycles. The molecule has 1 unspecified atom stereocenters. The minimum absolute atomic E-state index is 0.453. The molecule has 1 nitrogen and oxygen atoms in total. The molecular formula is C20H31F9OSi. The molecule has 0 saturated carbocycles. The molecule has 0 aromatic heterocycles. The molecule has 184 valence electrons. The van der Waals surface area contributed by atoms with Crippen LogP contribution in [0.15, 0.2) is 38.0 Å². The summed E-state index contributed by atoms with van der Waals surface area (Å²) in [4.78, 5) is 0. The van der Waals surface area contributed by atoms with Crippen LogP contribution < -0.4 is 0 Å². The quantitative estimate of drug-likeness (QED) is 0.144. The maximum atomic E-state index is 12.6. The van der Waals surface area contributed by atoms with Crippen LogP contribution in [0.1, 0.15) is 33.1 Å². The number of ether oxygens (including phenoxy) is 1. The van der Waals surface area contributed by atoms with Crippen LogP contribution in [0.25, 0.3) is 0 Å². The number of hydrogen-bond donors (Lipinski definition) is 0. The molecule has 0 aromatic rings. The molecule has 0 aliphatic rings. The molecule has 11 heteroatoms. The SMILES string of the molecule is C=CCC(CC)[Si](C)(CC=C)CC=C.CC(F)(F)C(F)(F)C(F)(F)CCOC(F)(F)F. The Bertz CT molecular complexity index is 544. The number of allylic oxidation sites excluding steroid dienone is 3. The van der Waals surface area contributed by atoms with E-state index >= 15 is 0 Å². The van der Waals surface area contributed by atoms with Gasteiger partial charge in [-0.05, 0) is 24.1 Å². The maximum absolute atomic E-state index is 12.6. The molecule has 0 aromatic carbocycles. The lowest BCUT2D eigenvalue weighted by Gasteiger charge is -2.33. The van der Waals surface area contributed by atoms with Crippen molar-refractivity contribution in [2.45, 2.75) is 81.4 Å². The largest absolute Gasteiger partial charge is 0.522 e. The van der Waals surface area contributed by atoms with E-state index in [0.29, 0.717) is 0 Å². The van der Waals surface area contributed by atoms with E-state index in [0.717, 1.165) is 12.0 Å². The first-order chi connectivity index (χ1) is 13.8. The Morgan fingerprint density at radius 3 is 1.61 bits per heavy atom. The predicted octanol–water partition coefficient (Wildman–Crippen LogP) is 8.63. The van der Waals surface area contributed by atoms with Crippen molar-refractivity contribution in [2.24, 2.45) is 0 Å². The molecule has 0 N–H and O–H groups in total. The summed E-state index contributed by atoms with van der Waals surface area (Å²) in [6.45, 7) is 14.1. The third-order valence-corrected chi connectivity index (χ3v) is 9.90. The van der Waals surface area contributed by atoms with Gasteiger partial charge in [0.1, 0.15) is 0 Å². The summed E-state index contributed by atoms with van der Waals surface area (Å²) in [5.74, 6) is -16.1. The highest BCUT2D eigenvalue weighted by atomic mass is 28.3. The Morgan fingerprint density at radius 1 is 0.871 bits per heavy atom. The molecule has 0 heterocycles. The first-order valence-electron chi connectivity index (χ1n) is 9.52. The van der Waals surface area contributed by atoms with Gasteiger partial charge in [-0.25, -0.2) is 0 Å². The van der Waals surface area contributed by atoms with Gasteiger partial charge in [-0.3, -0.25) is 4.74 Å². The van der Waals surface area contributed by atoms with Gasteiger partial charge in [0.2, 0.25) is 0 Å². The summed E-state index contributed by atoms with van der Waals surface area (Å²) in [6, 6.07) is 2.40. The lowest BCUT2D eigenvalue weighted by molar-refractivity contribution is -0.340. The maximum Gasteiger partial charge on any atom is 0.522 e. The molecule has 0 amide bonds. The van der Waals surface area contributed by atoms with Crippen molar-refractivity contribution in [3.63, 3.8) is 0 Å². The fourth-order valence-corrected chi connectivity index (χ4v) is 6.87. The van der Waals surface area contributed by atoms with Crippen molar-refractivity contribution >= 4 is 8.07 Å². The molecule has 0 spiro atoms. The second kappa shape index (κ2) is 12.7. The second-order valence-electron chi connectivity index (χ2n) is 7.48. The highest BCUT2D eigenvalue weighted by molar-refractivity contribution is 6.80. The molecule has 0 radical (unpaired) electrons. The monoisotopic (exact) mass is 486 g/mol. The Balaban J connectivity index is 0. The Labute approximate surface area is 179 Å². The summed E-state index contributed by atoms with van der Waals surface area (Å²) in [5, 5.41) is 0. The molecule has 31 heavy (non-hydrogen) atoms. The standard InChI is InChI=1S/C13H24Si.C7H7F9O/c1-6-10-13(9-4)14(5,11-7-2)12-8-3;1-4(8,9)6(12,13)5(10,11)2-3-17-7(14,15)16/h6-8,13H,1-3,9-12H2,4-5H3;2-3H2,1H3. The Morgan fingerprint density at radius 2 is 1.32 bits per heavy atom. The van der Waals surface area contributed by atoms with E-state index < -0.39 is 52.2 Å². The van der Waals surface area contributed by atoms with E-state index in [1.807, 2.05) is 0 Å². The lowest BCUT2D eigenvalue weighted by atomic mass is 10.0. The van der Waals surface area contributed by atoms with Crippen LogP contribution in [0.2, 0.25) is 24.2 Å². The third-order valence-electron chi connectivity index (χ3n) is 4.84. The van der Waals surface area contributed by atoms with Gasteiger partial charge in [0.15, 0.2) is 0 Å². The lowest BCUT2D eigenvalue weighted by Crippen LogP contribution is -2.53. The number of alkyl halides is 9. The number of halogens is 9. The van der Waals surface area contributed by atoms with E-state index in [1.165, 1.54) is 18.5 Å². The van der Waals surface area contributed by atoms with Crippen LogP contribution in [0, 0.1) is 0 Å². The average molecular weight is 487 g/mol. The normalized spacial score (nSPS) is 14.3.